The molecule has 2 atom stereocenters. The first-order valence-corrected chi connectivity index (χ1v) is 14.8. The molecular weight excluding hydrogens is 589 g/mol. The van der Waals surface area contributed by atoms with Crippen molar-refractivity contribution in [2.45, 2.75) is 22.1 Å². The number of rotatable bonds is 11. The number of β-lactam (4-membered cyclic amide) rings is 1. The number of aliphatic imine (C=N–C) groups is 1. The molecule has 0 aliphatic carbocycles. The van der Waals surface area contributed by atoms with E-state index in [4.69, 9.17) is 17.2 Å². The molecule has 1 fully saturated rings. The Morgan fingerprint density at radius 1 is 1.33 bits per heavy atom. The van der Waals surface area contributed by atoms with Crippen LogP contribution in [0.2, 0.25) is 0 Å². The number of thioether (sulfide) groups is 3. The van der Waals surface area contributed by atoms with Crippen LogP contribution in [-0.2, 0) is 20.1 Å². The molecule has 0 unspecified atom stereocenters. The van der Waals surface area contributed by atoms with Gasteiger partial charge in [0.2, 0.25) is 11.5 Å². The molecule has 2 aromatic rings. The number of nitrogens with zero attached hydrogens (tertiary/aromatic N) is 6. The van der Waals surface area contributed by atoms with Crippen molar-refractivity contribution in [3.05, 3.63) is 40.5 Å². The van der Waals surface area contributed by atoms with Crippen LogP contribution in [0.15, 0.2) is 44.0 Å². The van der Waals surface area contributed by atoms with Gasteiger partial charge in [0.05, 0.1) is 12.2 Å². The number of hydrogen-bond acceptors (Lipinski definition) is 14. The first-order valence-electron chi connectivity index (χ1n) is 11.0. The Kier molecular flexibility index (Phi) is 9.15. The lowest BCUT2D eigenvalue weighted by Crippen LogP contribution is -2.71. The van der Waals surface area contributed by atoms with Crippen molar-refractivity contribution >= 4 is 81.4 Å². The van der Waals surface area contributed by atoms with E-state index in [1.807, 2.05) is 6.07 Å². The lowest BCUT2D eigenvalue weighted by molar-refractivity contribution is -0.150. The zero-order valence-electron chi connectivity index (χ0n) is 19.9. The predicted octanol–water partition coefficient (Wildman–Crippen LogP) is -0.311. The van der Waals surface area contributed by atoms with Crippen molar-refractivity contribution in [2.75, 3.05) is 23.8 Å². The van der Waals surface area contributed by atoms with Gasteiger partial charge in [-0.3, -0.25) is 24.5 Å². The fraction of sp³-hybridized carbons (Fsp3) is 0.300. The highest BCUT2D eigenvalue weighted by Gasteiger charge is 2.54. The molecule has 9 N–H and O–H groups in total. The molecule has 2 aliphatic heterocycles. The van der Waals surface area contributed by atoms with E-state index in [1.165, 1.54) is 23.5 Å². The standard InChI is InChI=1S/C20H22N10O5S4/c21-19(22)25-4-5-36-6-8-9(2-1-3-24-8)38-10-7-37-17-12(16(32)30(17)13(10)18(33)34)26-15(31)11(28-35)14-27-20(23)39-29-14/h1-3,12,17,35H,4-7H2,(H,26,31)(H,33,34)(H4,21,22,25)(H2,23,27,29)/b28-11-/t12-,17-/m1/s1. The van der Waals surface area contributed by atoms with Crippen molar-refractivity contribution in [1.82, 2.24) is 24.6 Å². The molecule has 4 heterocycles. The third-order valence-corrected chi connectivity index (χ3v) is 9.37. The van der Waals surface area contributed by atoms with Crippen LogP contribution in [0, 0.1) is 0 Å². The van der Waals surface area contributed by atoms with Crippen molar-refractivity contribution in [3.63, 3.8) is 0 Å². The van der Waals surface area contributed by atoms with Crippen LogP contribution in [0.25, 0.3) is 0 Å². The molecule has 0 aromatic carbocycles. The fourth-order valence-corrected chi connectivity index (χ4v) is 7.45. The maximum Gasteiger partial charge on any atom is 0.353 e. The highest BCUT2D eigenvalue weighted by Crippen LogP contribution is 2.45. The minimum atomic E-state index is -1.27. The first-order chi connectivity index (χ1) is 18.7. The SMILES string of the molecule is NC(N)=NCCSCc1ncccc1SC1=C(C(=O)O)N2C(=O)[C@@H](NC(=O)/C(=N\O)c3nsc(N)n3)[C@H]2SC1. The van der Waals surface area contributed by atoms with E-state index < -0.39 is 34.9 Å². The van der Waals surface area contributed by atoms with Gasteiger partial charge in [0.25, 0.3) is 11.8 Å². The summed E-state index contributed by atoms with van der Waals surface area (Å²) in [7, 11) is 0. The molecule has 39 heavy (non-hydrogen) atoms. The molecule has 2 amide bonds. The number of nitrogens with two attached hydrogens (primary N) is 3. The average molecular weight is 611 g/mol. The summed E-state index contributed by atoms with van der Waals surface area (Å²) in [5, 5.41) is 24.1. The highest BCUT2D eigenvalue weighted by atomic mass is 32.2. The van der Waals surface area contributed by atoms with Crippen molar-refractivity contribution in [3.8, 4) is 0 Å². The van der Waals surface area contributed by atoms with Gasteiger partial charge in [0, 0.05) is 44.8 Å². The third-order valence-electron chi connectivity index (χ3n) is 5.24. The summed E-state index contributed by atoms with van der Waals surface area (Å²) >= 11 is 4.92. The molecule has 0 bridgehead atoms. The number of pyridine rings is 1. The van der Waals surface area contributed by atoms with Gasteiger partial charge in [-0.05, 0) is 12.1 Å². The number of carbonyl (C=O) groups is 3. The van der Waals surface area contributed by atoms with Crippen LogP contribution in [0.5, 0.6) is 0 Å². The molecular formula is C20H22N10O5S4. The van der Waals surface area contributed by atoms with E-state index in [9.17, 15) is 24.7 Å². The van der Waals surface area contributed by atoms with Crippen LogP contribution in [0.3, 0.4) is 0 Å². The van der Waals surface area contributed by atoms with Gasteiger partial charge in [-0.2, -0.15) is 21.1 Å². The number of aromatic nitrogens is 3. The van der Waals surface area contributed by atoms with E-state index in [0.717, 1.165) is 27.0 Å². The topological polar surface area (TPSA) is 248 Å². The molecule has 4 rings (SSSR count). The second-order valence-electron chi connectivity index (χ2n) is 7.75. The van der Waals surface area contributed by atoms with Gasteiger partial charge in [0.15, 0.2) is 11.1 Å². The van der Waals surface area contributed by atoms with Crippen LogP contribution in [0.1, 0.15) is 11.5 Å². The number of amides is 2. The minimum Gasteiger partial charge on any atom is -0.477 e. The van der Waals surface area contributed by atoms with Crippen molar-refractivity contribution in [1.29, 1.82) is 0 Å². The lowest BCUT2D eigenvalue weighted by Gasteiger charge is -2.49. The number of nitrogen functional groups attached to an aromatic ring is 1. The highest BCUT2D eigenvalue weighted by molar-refractivity contribution is 8.06. The number of oxime groups is 1. The number of fused-ring (bicyclic) bond motifs is 1. The molecule has 206 valence electrons. The summed E-state index contributed by atoms with van der Waals surface area (Å²) in [5.41, 5.74) is 16.3. The van der Waals surface area contributed by atoms with Crippen molar-refractivity contribution < 1.29 is 24.7 Å². The number of anilines is 1. The number of carboxylic acids is 1. The van der Waals surface area contributed by atoms with Crippen LogP contribution >= 0.6 is 46.8 Å². The maximum absolute atomic E-state index is 13.0. The number of nitrogens with one attached hydrogen (secondary N) is 1. The fourth-order valence-electron chi connectivity index (χ4n) is 3.57. The number of carbonyl (C=O) groups excluding carboxylic acids is 2. The summed E-state index contributed by atoms with van der Waals surface area (Å²) < 4.78 is 3.83. The van der Waals surface area contributed by atoms with Crippen molar-refractivity contribution in [2.24, 2.45) is 21.6 Å². The van der Waals surface area contributed by atoms with Gasteiger partial charge in [0.1, 0.15) is 17.1 Å². The normalized spacial score (nSPS) is 18.8. The molecule has 2 aromatic heterocycles. The Labute approximate surface area is 237 Å². The predicted molar refractivity (Wildman–Crippen MR) is 149 cm³/mol. The zero-order chi connectivity index (χ0) is 28.1. The number of guanidine groups is 1. The molecule has 15 nitrogen and oxygen atoms in total. The second kappa shape index (κ2) is 12.5. The monoisotopic (exact) mass is 610 g/mol. The summed E-state index contributed by atoms with van der Waals surface area (Å²) in [6.45, 7) is 0.462. The van der Waals surface area contributed by atoms with Gasteiger partial charge in [-0.1, -0.05) is 16.9 Å². The summed E-state index contributed by atoms with van der Waals surface area (Å²) in [6, 6.07) is 2.55. The van der Waals surface area contributed by atoms with E-state index >= 15 is 0 Å². The van der Waals surface area contributed by atoms with Gasteiger partial charge in [-0.25, -0.2) is 4.79 Å². The summed E-state index contributed by atoms with van der Waals surface area (Å²) in [6.07, 6.45) is 1.65. The number of carboxylic acid groups (broad SMARTS) is 1. The van der Waals surface area contributed by atoms with Crippen LogP contribution in [0.4, 0.5) is 5.13 Å². The first kappa shape index (κ1) is 28.5. The second-order valence-corrected chi connectivity index (χ2v) is 11.9. The number of hydrogen-bond donors (Lipinski definition) is 6. The Morgan fingerprint density at radius 2 is 2.13 bits per heavy atom. The Balaban J connectivity index is 1.47. The summed E-state index contributed by atoms with van der Waals surface area (Å²) in [5.74, 6) is -1.43. The average Bonchev–Trinajstić information content (AvgIpc) is 3.33. The zero-order valence-corrected chi connectivity index (χ0v) is 23.1. The number of aliphatic carboxylic acids is 1. The van der Waals surface area contributed by atoms with Gasteiger partial charge < -0.3 is 32.8 Å². The van der Waals surface area contributed by atoms with E-state index in [0.29, 0.717) is 23.0 Å². The largest absolute Gasteiger partial charge is 0.477 e. The maximum atomic E-state index is 13.0. The molecule has 0 radical (unpaired) electrons. The Morgan fingerprint density at radius 3 is 2.79 bits per heavy atom. The van der Waals surface area contributed by atoms with E-state index in [1.54, 1.807) is 24.0 Å². The van der Waals surface area contributed by atoms with E-state index in [-0.39, 0.29) is 28.4 Å². The Bertz CT molecular complexity index is 1380. The quantitative estimate of drug-likeness (QED) is 0.0477. The lowest BCUT2D eigenvalue weighted by atomic mass is 10.0. The van der Waals surface area contributed by atoms with E-state index in [2.05, 4.69) is 29.8 Å². The van der Waals surface area contributed by atoms with Gasteiger partial charge >= 0.3 is 5.97 Å². The smallest absolute Gasteiger partial charge is 0.353 e. The Hall–Kier alpha value is -3.55. The molecule has 2 aliphatic rings. The third kappa shape index (κ3) is 6.37. The summed E-state index contributed by atoms with van der Waals surface area (Å²) in [4.78, 5) is 52.5. The molecule has 19 heteroatoms. The molecule has 0 saturated carbocycles. The molecule has 0 spiro atoms. The van der Waals surface area contributed by atoms with Crippen LogP contribution < -0.4 is 22.5 Å². The van der Waals surface area contributed by atoms with Crippen LogP contribution in [-0.4, -0.2) is 88.5 Å². The minimum absolute atomic E-state index is 0.0249. The molecule has 1 saturated heterocycles. The van der Waals surface area contributed by atoms with Gasteiger partial charge in [-0.15, -0.1) is 11.8 Å².